The van der Waals surface area contributed by atoms with Crippen molar-refractivity contribution < 1.29 is 19.7 Å². The minimum atomic E-state index is -0.841. The van der Waals surface area contributed by atoms with Gasteiger partial charge < -0.3 is 14.9 Å². The van der Waals surface area contributed by atoms with Gasteiger partial charge in [-0.2, -0.15) is 0 Å². The van der Waals surface area contributed by atoms with Gasteiger partial charge in [-0.25, -0.2) is 0 Å². The molecule has 2 rings (SSSR count). The molecule has 23 heavy (non-hydrogen) atoms. The molecular formula is C19H22O4. The summed E-state index contributed by atoms with van der Waals surface area (Å²) in [4.78, 5) is 10.9. The van der Waals surface area contributed by atoms with Gasteiger partial charge in [-0.3, -0.25) is 4.79 Å². The predicted molar refractivity (Wildman–Crippen MR) is 89.8 cm³/mol. The highest BCUT2D eigenvalue weighted by molar-refractivity contribution is 5.72. The summed E-state index contributed by atoms with van der Waals surface area (Å²) in [5.74, 6) is -0.0437. The average molecular weight is 314 g/mol. The zero-order chi connectivity index (χ0) is 16.7. The highest BCUT2D eigenvalue weighted by Crippen LogP contribution is 2.28. The molecule has 0 spiro atoms. The molecule has 0 unspecified atom stereocenters. The molecule has 0 saturated carbocycles. The van der Waals surface area contributed by atoms with E-state index in [1.54, 1.807) is 0 Å². The first kappa shape index (κ1) is 17.0. The summed E-state index contributed by atoms with van der Waals surface area (Å²) in [6.45, 7) is 2.75. The van der Waals surface area contributed by atoms with Gasteiger partial charge in [0.05, 0.1) is 13.0 Å². The lowest BCUT2D eigenvalue weighted by Crippen LogP contribution is -2.01. The molecule has 122 valence electrons. The Morgan fingerprint density at radius 2 is 1.91 bits per heavy atom. The number of hydrogen-bond acceptors (Lipinski definition) is 3. The first-order valence-electron chi connectivity index (χ1n) is 7.81. The van der Waals surface area contributed by atoms with E-state index in [4.69, 9.17) is 9.84 Å². The van der Waals surface area contributed by atoms with E-state index < -0.39 is 5.97 Å². The first-order chi connectivity index (χ1) is 11.1. The van der Waals surface area contributed by atoms with Crippen LogP contribution in [-0.2, 0) is 17.6 Å². The number of aliphatic hydroxyl groups excluding tert-OH is 1. The Labute approximate surface area is 136 Å². The Hall–Kier alpha value is -2.33. The summed E-state index contributed by atoms with van der Waals surface area (Å²) >= 11 is 0. The third kappa shape index (κ3) is 4.83. The zero-order valence-electron chi connectivity index (χ0n) is 13.3. The van der Waals surface area contributed by atoms with Gasteiger partial charge in [0.1, 0.15) is 5.75 Å². The van der Waals surface area contributed by atoms with Crippen LogP contribution in [0, 0.1) is 0 Å². The van der Waals surface area contributed by atoms with Crippen molar-refractivity contribution in [3.8, 4) is 16.9 Å². The van der Waals surface area contributed by atoms with Gasteiger partial charge in [0, 0.05) is 6.61 Å². The second-order valence-corrected chi connectivity index (χ2v) is 5.42. The number of ether oxygens (including phenoxy) is 1. The number of carbonyl (C=O) groups is 1. The number of benzene rings is 2. The molecular weight excluding hydrogens is 292 g/mol. The molecule has 4 heteroatoms. The lowest BCUT2D eigenvalue weighted by Gasteiger charge is -2.13. The van der Waals surface area contributed by atoms with E-state index in [2.05, 4.69) is 0 Å². The van der Waals surface area contributed by atoms with Crippen molar-refractivity contribution in [3.05, 3.63) is 53.6 Å². The molecule has 0 aliphatic rings. The van der Waals surface area contributed by atoms with E-state index in [-0.39, 0.29) is 13.0 Å². The lowest BCUT2D eigenvalue weighted by atomic mass is 9.98. The number of carboxylic acid groups (broad SMARTS) is 1. The Bertz CT molecular complexity index is 664. The highest BCUT2D eigenvalue weighted by Gasteiger charge is 2.08. The van der Waals surface area contributed by atoms with Gasteiger partial charge in [-0.05, 0) is 47.2 Å². The molecule has 0 atom stereocenters. The number of carboxylic acids is 1. The van der Waals surface area contributed by atoms with Crippen LogP contribution in [0.25, 0.3) is 11.1 Å². The first-order valence-corrected chi connectivity index (χ1v) is 7.81. The van der Waals surface area contributed by atoms with Crippen LogP contribution in [0.5, 0.6) is 5.75 Å². The average Bonchev–Trinajstić information content (AvgIpc) is 2.53. The van der Waals surface area contributed by atoms with Crippen LogP contribution in [0.4, 0.5) is 0 Å². The smallest absolute Gasteiger partial charge is 0.307 e. The molecule has 0 saturated heterocycles. The molecule has 0 aliphatic carbocycles. The van der Waals surface area contributed by atoms with Gasteiger partial charge in [0.25, 0.3) is 0 Å². The molecule has 2 aromatic carbocycles. The van der Waals surface area contributed by atoms with Crippen molar-refractivity contribution in [1.29, 1.82) is 0 Å². The Morgan fingerprint density at radius 3 is 2.61 bits per heavy atom. The summed E-state index contributed by atoms with van der Waals surface area (Å²) in [7, 11) is 0. The monoisotopic (exact) mass is 314 g/mol. The van der Waals surface area contributed by atoms with E-state index in [9.17, 15) is 9.90 Å². The highest BCUT2D eigenvalue weighted by atomic mass is 16.5. The van der Waals surface area contributed by atoms with Crippen molar-refractivity contribution in [2.45, 2.75) is 26.2 Å². The molecule has 0 radical (unpaired) electrons. The second-order valence-electron chi connectivity index (χ2n) is 5.42. The maximum atomic E-state index is 10.9. The fourth-order valence-electron chi connectivity index (χ4n) is 2.46. The number of aliphatic carboxylic acids is 1. The molecule has 0 heterocycles. The number of aliphatic hydroxyl groups is 1. The van der Waals surface area contributed by atoms with Crippen LogP contribution in [0.2, 0.25) is 0 Å². The van der Waals surface area contributed by atoms with Crippen LogP contribution >= 0.6 is 0 Å². The van der Waals surface area contributed by atoms with Crippen molar-refractivity contribution in [2.24, 2.45) is 0 Å². The van der Waals surface area contributed by atoms with Crippen LogP contribution in [0.3, 0.4) is 0 Å². The Morgan fingerprint density at radius 1 is 1.13 bits per heavy atom. The van der Waals surface area contributed by atoms with Gasteiger partial charge in [0.15, 0.2) is 0 Å². The largest absolute Gasteiger partial charge is 0.493 e. The maximum Gasteiger partial charge on any atom is 0.307 e. The minimum absolute atomic E-state index is 0.00896. The number of hydrogen-bond donors (Lipinski definition) is 2. The normalized spacial score (nSPS) is 10.5. The van der Waals surface area contributed by atoms with Crippen molar-refractivity contribution in [3.63, 3.8) is 0 Å². The topological polar surface area (TPSA) is 66.8 Å². The van der Waals surface area contributed by atoms with Gasteiger partial charge in [0.2, 0.25) is 0 Å². The fraction of sp³-hybridized carbons (Fsp3) is 0.316. The van der Waals surface area contributed by atoms with E-state index in [0.717, 1.165) is 34.4 Å². The molecule has 0 amide bonds. The Balaban J connectivity index is 2.32. The summed E-state index contributed by atoms with van der Waals surface area (Å²) in [6, 6.07) is 13.4. The third-order valence-corrected chi connectivity index (χ3v) is 3.52. The van der Waals surface area contributed by atoms with Gasteiger partial charge >= 0.3 is 5.97 Å². The van der Waals surface area contributed by atoms with Crippen molar-refractivity contribution in [2.75, 3.05) is 13.2 Å². The Kier molecular flexibility index (Phi) is 6.18. The summed E-state index contributed by atoms with van der Waals surface area (Å²) in [6.07, 6.45) is 1.47. The molecule has 2 N–H and O–H groups in total. The van der Waals surface area contributed by atoms with Gasteiger partial charge in [-0.1, -0.05) is 37.3 Å². The van der Waals surface area contributed by atoms with E-state index in [1.165, 1.54) is 0 Å². The molecule has 0 bridgehead atoms. The van der Waals surface area contributed by atoms with E-state index in [0.29, 0.717) is 13.0 Å². The van der Waals surface area contributed by atoms with Crippen molar-refractivity contribution in [1.82, 2.24) is 0 Å². The predicted octanol–water partition coefficient (Wildman–Crippen LogP) is 3.30. The summed E-state index contributed by atoms with van der Waals surface area (Å²) in [5, 5.41) is 18.2. The molecule has 4 nitrogen and oxygen atoms in total. The molecule has 0 aromatic heterocycles. The zero-order valence-corrected chi connectivity index (χ0v) is 13.3. The maximum absolute atomic E-state index is 10.9. The third-order valence-electron chi connectivity index (χ3n) is 3.52. The standard InChI is InChI=1S/C19H22O4/c1-2-10-23-18-7-6-16(13-17(18)8-9-20)15-5-3-4-14(11-15)12-19(21)22/h3-7,11,13,20H,2,8-10,12H2,1H3,(H,21,22). The summed E-state index contributed by atoms with van der Waals surface area (Å²) in [5.41, 5.74) is 3.68. The minimum Gasteiger partial charge on any atom is -0.493 e. The molecule has 2 aromatic rings. The van der Waals surface area contributed by atoms with Gasteiger partial charge in [-0.15, -0.1) is 0 Å². The summed E-state index contributed by atoms with van der Waals surface area (Å²) < 4.78 is 5.72. The second kappa shape index (κ2) is 8.34. The fourth-order valence-corrected chi connectivity index (χ4v) is 2.46. The van der Waals surface area contributed by atoms with E-state index in [1.807, 2.05) is 49.4 Å². The van der Waals surface area contributed by atoms with Crippen molar-refractivity contribution >= 4 is 5.97 Å². The van der Waals surface area contributed by atoms with Crippen LogP contribution in [-0.4, -0.2) is 29.4 Å². The van der Waals surface area contributed by atoms with Crippen LogP contribution < -0.4 is 4.74 Å². The lowest BCUT2D eigenvalue weighted by molar-refractivity contribution is -0.136. The van der Waals surface area contributed by atoms with E-state index >= 15 is 0 Å². The number of rotatable bonds is 8. The molecule has 0 fully saturated rings. The molecule has 0 aliphatic heterocycles. The van der Waals surface area contributed by atoms with Crippen LogP contribution in [0.15, 0.2) is 42.5 Å². The SMILES string of the molecule is CCCOc1ccc(-c2cccc(CC(=O)O)c2)cc1CCO. The quantitative estimate of drug-likeness (QED) is 0.784. The van der Waals surface area contributed by atoms with Crippen LogP contribution in [0.1, 0.15) is 24.5 Å².